The Morgan fingerprint density at radius 3 is 2.69 bits per heavy atom. The number of hydrogen-bond acceptors (Lipinski definition) is 4. The standard InChI is InChI=1S/C16H23F2N3O3S.HI/c1-16(2)11-21(7-8-25(16,22)23)15(19-3)20-10-12-5-4-6-13(9-12)24-14(17)18;/h4-6,9,14H,7-8,10-11H2,1-3H3,(H,19,20);1H. The SMILES string of the molecule is CN=C(NCc1cccc(OC(F)F)c1)N1CCS(=O)(=O)C(C)(C)C1.I. The van der Waals surface area contributed by atoms with Crippen LogP contribution in [-0.2, 0) is 16.4 Å². The largest absolute Gasteiger partial charge is 0.435 e. The third kappa shape index (κ3) is 5.66. The number of benzene rings is 1. The van der Waals surface area contributed by atoms with Gasteiger partial charge in [-0.3, -0.25) is 4.99 Å². The molecular formula is C16H24F2IN3O3S. The van der Waals surface area contributed by atoms with Crippen LogP contribution in [0, 0.1) is 0 Å². The Hall–Kier alpha value is -1.17. The van der Waals surface area contributed by atoms with E-state index in [4.69, 9.17) is 0 Å². The first-order valence-corrected chi connectivity index (χ1v) is 9.51. The summed E-state index contributed by atoms with van der Waals surface area (Å²) in [6, 6.07) is 6.40. The highest BCUT2D eigenvalue weighted by molar-refractivity contribution is 14.0. The minimum Gasteiger partial charge on any atom is -0.435 e. The van der Waals surface area contributed by atoms with E-state index in [9.17, 15) is 17.2 Å². The van der Waals surface area contributed by atoms with Crippen molar-refractivity contribution in [3.63, 3.8) is 0 Å². The van der Waals surface area contributed by atoms with Gasteiger partial charge in [-0.15, -0.1) is 24.0 Å². The number of rotatable bonds is 4. The van der Waals surface area contributed by atoms with Gasteiger partial charge in [0.1, 0.15) is 5.75 Å². The molecule has 6 nitrogen and oxygen atoms in total. The van der Waals surface area contributed by atoms with Crippen molar-refractivity contribution in [2.24, 2.45) is 4.99 Å². The molecule has 2 rings (SSSR count). The highest BCUT2D eigenvalue weighted by atomic mass is 127. The van der Waals surface area contributed by atoms with Crippen LogP contribution < -0.4 is 10.1 Å². The molecule has 1 saturated heterocycles. The lowest BCUT2D eigenvalue weighted by molar-refractivity contribution is -0.0498. The summed E-state index contributed by atoms with van der Waals surface area (Å²) in [5.74, 6) is 0.732. The number of ether oxygens (including phenoxy) is 1. The van der Waals surface area contributed by atoms with Crippen LogP contribution in [-0.4, -0.2) is 56.5 Å². The van der Waals surface area contributed by atoms with E-state index in [0.717, 1.165) is 5.56 Å². The summed E-state index contributed by atoms with van der Waals surface area (Å²) < 4.78 is 52.3. The molecule has 0 aromatic heterocycles. The van der Waals surface area contributed by atoms with Gasteiger partial charge >= 0.3 is 6.61 Å². The smallest absolute Gasteiger partial charge is 0.387 e. The summed E-state index contributed by atoms with van der Waals surface area (Å²) in [5, 5.41) is 3.14. The van der Waals surface area contributed by atoms with Gasteiger partial charge in [-0.1, -0.05) is 12.1 Å². The van der Waals surface area contributed by atoms with E-state index >= 15 is 0 Å². The Kier molecular flexibility index (Phi) is 8.05. The molecule has 148 valence electrons. The van der Waals surface area contributed by atoms with Gasteiger partial charge in [0.2, 0.25) is 0 Å². The topological polar surface area (TPSA) is 71.0 Å². The van der Waals surface area contributed by atoms with Crippen molar-refractivity contribution < 1.29 is 21.9 Å². The number of sulfone groups is 1. The molecule has 10 heteroatoms. The van der Waals surface area contributed by atoms with Crippen molar-refractivity contribution in [2.75, 3.05) is 25.9 Å². The second kappa shape index (κ2) is 9.16. The molecule has 26 heavy (non-hydrogen) atoms. The molecule has 1 aliphatic heterocycles. The normalized spacial score (nSPS) is 19.0. The van der Waals surface area contributed by atoms with E-state index in [2.05, 4.69) is 15.0 Å². The fraction of sp³-hybridized carbons (Fsp3) is 0.562. The molecule has 0 radical (unpaired) electrons. The van der Waals surface area contributed by atoms with Crippen molar-refractivity contribution in [1.29, 1.82) is 0 Å². The second-order valence-corrected chi connectivity index (χ2v) is 9.17. The first-order chi connectivity index (χ1) is 11.6. The zero-order valence-corrected chi connectivity index (χ0v) is 18.1. The van der Waals surface area contributed by atoms with E-state index in [-0.39, 0.29) is 35.5 Å². The Bertz CT molecular complexity index is 742. The van der Waals surface area contributed by atoms with Gasteiger partial charge in [0, 0.05) is 26.7 Å². The van der Waals surface area contributed by atoms with Crippen molar-refractivity contribution in [2.45, 2.75) is 31.8 Å². The predicted octanol–water partition coefficient (Wildman–Crippen LogP) is 2.49. The lowest BCUT2D eigenvalue weighted by Crippen LogP contribution is -2.57. The average molecular weight is 503 g/mol. The van der Waals surface area contributed by atoms with E-state index in [1.54, 1.807) is 33.0 Å². The maximum atomic E-state index is 12.3. The van der Waals surface area contributed by atoms with Gasteiger partial charge in [0.25, 0.3) is 0 Å². The zero-order chi connectivity index (χ0) is 18.7. The number of nitrogens with one attached hydrogen (secondary N) is 1. The molecule has 0 amide bonds. The fourth-order valence-electron chi connectivity index (χ4n) is 2.67. The van der Waals surface area contributed by atoms with E-state index < -0.39 is 21.2 Å². The van der Waals surface area contributed by atoms with Crippen LogP contribution in [0.2, 0.25) is 0 Å². The maximum Gasteiger partial charge on any atom is 0.387 e. The first-order valence-electron chi connectivity index (χ1n) is 7.86. The van der Waals surface area contributed by atoms with Crippen LogP contribution in [0.15, 0.2) is 29.3 Å². The van der Waals surface area contributed by atoms with Crippen LogP contribution in [0.25, 0.3) is 0 Å². The number of halogens is 3. The lowest BCUT2D eigenvalue weighted by atomic mass is 10.2. The molecule has 0 bridgehead atoms. The molecule has 0 atom stereocenters. The third-order valence-corrected chi connectivity index (χ3v) is 6.66. The van der Waals surface area contributed by atoms with Crippen molar-refractivity contribution in [3.05, 3.63) is 29.8 Å². The van der Waals surface area contributed by atoms with E-state index in [1.807, 2.05) is 4.90 Å². The summed E-state index contributed by atoms with van der Waals surface area (Å²) >= 11 is 0. The monoisotopic (exact) mass is 503 g/mol. The second-order valence-electron chi connectivity index (χ2n) is 6.43. The van der Waals surface area contributed by atoms with E-state index in [1.165, 1.54) is 12.1 Å². The number of alkyl halides is 2. The molecule has 1 fully saturated rings. The quantitative estimate of drug-likeness (QED) is 0.389. The summed E-state index contributed by atoms with van der Waals surface area (Å²) in [7, 11) is -1.51. The van der Waals surface area contributed by atoms with Gasteiger partial charge in [-0.05, 0) is 31.5 Å². The van der Waals surface area contributed by atoms with Crippen LogP contribution in [0.3, 0.4) is 0 Å². The van der Waals surface area contributed by atoms with E-state index in [0.29, 0.717) is 25.6 Å². The first kappa shape index (κ1) is 22.9. The van der Waals surface area contributed by atoms with Crippen molar-refractivity contribution in [3.8, 4) is 5.75 Å². The average Bonchev–Trinajstić information content (AvgIpc) is 2.51. The molecule has 1 heterocycles. The Morgan fingerprint density at radius 2 is 2.12 bits per heavy atom. The van der Waals surface area contributed by atoms with Gasteiger partial charge in [-0.25, -0.2) is 8.42 Å². The van der Waals surface area contributed by atoms with Crippen LogP contribution in [0.4, 0.5) is 8.78 Å². The molecule has 0 aliphatic carbocycles. The summed E-state index contributed by atoms with van der Waals surface area (Å²) in [5.41, 5.74) is 0.753. The highest BCUT2D eigenvalue weighted by Crippen LogP contribution is 2.23. The number of guanidine groups is 1. The number of nitrogens with zero attached hydrogens (tertiary/aromatic N) is 2. The maximum absolute atomic E-state index is 12.3. The number of aliphatic imine (C=N–C) groups is 1. The van der Waals surface area contributed by atoms with Gasteiger partial charge in [0.05, 0.1) is 10.5 Å². The molecule has 0 spiro atoms. The minimum absolute atomic E-state index is 0. The van der Waals surface area contributed by atoms with Crippen molar-refractivity contribution in [1.82, 2.24) is 10.2 Å². The predicted molar refractivity (Wildman–Crippen MR) is 108 cm³/mol. The van der Waals surface area contributed by atoms with Crippen LogP contribution >= 0.6 is 24.0 Å². The lowest BCUT2D eigenvalue weighted by Gasteiger charge is -2.39. The molecule has 1 aliphatic rings. The molecular weight excluding hydrogens is 479 g/mol. The van der Waals surface area contributed by atoms with Crippen LogP contribution in [0.5, 0.6) is 5.75 Å². The fourth-order valence-corrected chi connectivity index (χ4v) is 4.04. The number of hydrogen-bond donors (Lipinski definition) is 1. The molecule has 0 unspecified atom stereocenters. The highest BCUT2D eigenvalue weighted by Gasteiger charge is 2.40. The van der Waals surface area contributed by atoms with Gasteiger partial charge in [0.15, 0.2) is 15.8 Å². The Morgan fingerprint density at radius 1 is 1.42 bits per heavy atom. The van der Waals surface area contributed by atoms with Crippen molar-refractivity contribution >= 4 is 39.8 Å². The summed E-state index contributed by atoms with van der Waals surface area (Å²) in [6.07, 6.45) is 0. The zero-order valence-electron chi connectivity index (χ0n) is 14.9. The third-order valence-electron chi connectivity index (χ3n) is 4.13. The molecule has 1 aromatic carbocycles. The minimum atomic E-state index is -3.13. The summed E-state index contributed by atoms with van der Waals surface area (Å²) in [4.78, 5) is 6.09. The Balaban J connectivity index is 0.00000338. The van der Waals surface area contributed by atoms with Gasteiger partial charge < -0.3 is 15.0 Å². The van der Waals surface area contributed by atoms with Crippen LogP contribution in [0.1, 0.15) is 19.4 Å². The molecule has 1 aromatic rings. The Labute approximate surface area is 169 Å². The summed E-state index contributed by atoms with van der Waals surface area (Å²) in [6.45, 7) is 1.59. The molecule has 1 N–H and O–H groups in total. The molecule has 0 saturated carbocycles. The van der Waals surface area contributed by atoms with Gasteiger partial charge in [-0.2, -0.15) is 8.78 Å².